The van der Waals surface area contributed by atoms with Crippen LogP contribution < -0.4 is 15.0 Å². The molecule has 1 aromatic heterocycles. The Balaban J connectivity index is 1.88. The minimum Gasteiger partial charge on any atom is -0.497 e. The number of carbonyl (C=O) groups is 2. The Morgan fingerprint density at radius 1 is 1.17 bits per heavy atom. The summed E-state index contributed by atoms with van der Waals surface area (Å²) in [5.74, 6) is 0.919. The molecule has 2 aromatic rings. The van der Waals surface area contributed by atoms with Crippen LogP contribution in [-0.4, -0.2) is 61.0 Å². The predicted molar refractivity (Wildman–Crippen MR) is 112 cm³/mol. The van der Waals surface area contributed by atoms with E-state index >= 15 is 0 Å². The van der Waals surface area contributed by atoms with E-state index in [2.05, 4.69) is 0 Å². The van der Waals surface area contributed by atoms with E-state index in [0.717, 1.165) is 16.7 Å². The molecule has 0 saturated carbocycles. The molecule has 8 nitrogen and oxygen atoms in total. The second-order valence-electron chi connectivity index (χ2n) is 7.54. The van der Waals surface area contributed by atoms with Crippen LogP contribution in [0.3, 0.4) is 0 Å². The van der Waals surface area contributed by atoms with Gasteiger partial charge < -0.3 is 23.8 Å². The van der Waals surface area contributed by atoms with Gasteiger partial charge in [0.15, 0.2) is 0 Å². The summed E-state index contributed by atoms with van der Waals surface area (Å²) in [4.78, 5) is 41.3. The Morgan fingerprint density at radius 2 is 1.90 bits per heavy atom. The summed E-state index contributed by atoms with van der Waals surface area (Å²) in [6.07, 6.45) is 2.35. The van der Waals surface area contributed by atoms with Gasteiger partial charge in [-0.2, -0.15) is 0 Å². The number of aromatic nitrogens is 1. The van der Waals surface area contributed by atoms with Crippen molar-refractivity contribution >= 4 is 11.8 Å². The molecule has 0 saturated heterocycles. The first-order chi connectivity index (χ1) is 14.3. The number of amides is 2. The standard InChI is InChI=1S/C22H27N3O5/c1-23(2)21(27)20-17-8-9-25(13-15(17)12-24(3)22(20)28)19(26)11-14-10-16(29-4)6-7-18(14)30-5/h6-7,10,12H,8-9,11,13H2,1-5H3. The van der Waals surface area contributed by atoms with Gasteiger partial charge in [-0.1, -0.05) is 0 Å². The average molecular weight is 413 g/mol. The lowest BCUT2D eigenvalue weighted by atomic mass is 9.95. The summed E-state index contributed by atoms with van der Waals surface area (Å²) in [6.45, 7) is 0.793. The molecule has 0 fully saturated rings. The molecule has 0 bridgehead atoms. The van der Waals surface area contributed by atoms with Gasteiger partial charge >= 0.3 is 0 Å². The number of hydrogen-bond acceptors (Lipinski definition) is 5. The van der Waals surface area contributed by atoms with Crippen molar-refractivity contribution in [2.75, 3.05) is 34.9 Å². The van der Waals surface area contributed by atoms with Crippen molar-refractivity contribution in [3.05, 3.63) is 57.0 Å². The molecule has 0 N–H and O–H groups in total. The maximum Gasteiger partial charge on any atom is 0.263 e. The molecule has 1 aliphatic rings. The smallest absolute Gasteiger partial charge is 0.263 e. The monoisotopic (exact) mass is 413 g/mol. The highest BCUT2D eigenvalue weighted by molar-refractivity contribution is 5.95. The molecule has 30 heavy (non-hydrogen) atoms. The van der Waals surface area contributed by atoms with E-state index in [1.807, 2.05) is 0 Å². The third-order valence-electron chi connectivity index (χ3n) is 5.37. The summed E-state index contributed by atoms with van der Waals surface area (Å²) in [6, 6.07) is 5.36. The number of benzene rings is 1. The molecule has 0 spiro atoms. The van der Waals surface area contributed by atoms with Crippen molar-refractivity contribution in [3.63, 3.8) is 0 Å². The maximum atomic E-state index is 13.0. The maximum absolute atomic E-state index is 13.0. The molecule has 2 heterocycles. The van der Waals surface area contributed by atoms with Crippen LogP contribution in [0.15, 0.2) is 29.2 Å². The fourth-order valence-electron chi connectivity index (χ4n) is 3.74. The molecule has 0 atom stereocenters. The fourth-order valence-corrected chi connectivity index (χ4v) is 3.74. The SMILES string of the molecule is COc1ccc(OC)c(CC(=O)N2CCc3c(cn(C)c(=O)c3C(=O)N(C)C)C2)c1. The van der Waals surface area contributed by atoms with E-state index in [1.54, 1.807) is 64.7 Å². The largest absolute Gasteiger partial charge is 0.497 e. The zero-order chi connectivity index (χ0) is 22.0. The van der Waals surface area contributed by atoms with Crippen LogP contribution in [0.4, 0.5) is 0 Å². The third kappa shape index (κ3) is 4.03. The van der Waals surface area contributed by atoms with Crippen LogP contribution in [0.5, 0.6) is 11.5 Å². The zero-order valence-corrected chi connectivity index (χ0v) is 18.0. The Hall–Kier alpha value is -3.29. The van der Waals surface area contributed by atoms with Crippen LogP contribution >= 0.6 is 0 Å². The van der Waals surface area contributed by atoms with Crippen molar-refractivity contribution in [3.8, 4) is 11.5 Å². The normalized spacial score (nSPS) is 12.9. The Bertz CT molecular complexity index is 1040. The fraction of sp³-hybridized carbons (Fsp3) is 0.409. The number of carbonyl (C=O) groups excluding carboxylic acids is 2. The summed E-state index contributed by atoms with van der Waals surface area (Å²) in [5, 5.41) is 0. The van der Waals surface area contributed by atoms with Crippen molar-refractivity contribution in [2.45, 2.75) is 19.4 Å². The molecule has 8 heteroatoms. The number of rotatable bonds is 5. The second kappa shape index (κ2) is 8.61. The number of ether oxygens (including phenoxy) is 2. The Morgan fingerprint density at radius 3 is 2.53 bits per heavy atom. The first-order valence-electron chi connectivity index (χ1n) is 9.68. The minimum atomic E-state index is -0.312. The predicted octanol–water partition coefficient (Wildman–Crippen LogP) is 1.23. The van der Waals surface area contributed by atoms with Crippen LogP contribution in [-0.2, 0) is 31.2 Å². The van der Waals surface area contributed by atoms with Crippen LogP contribution in [0.2, 0.25) is 0 Å². The lowest BCUT2D eigenvalue weighted by Gasteiger charge is -2.31. The molecule has 1 aliphatic heterocycles. The number of hydrogen-bond donors (Lipinski definition) is 0. The van der Waals surface area contributed by atoms with E-state index in [9.17, 15) is 14.4 Å². The molecular weight excluding hydrogens is 386 g/mol. The number of fused-ring (bicyclic) bond motifs is 1. The summed E-state index contributed by atoms with van der Waals surface area (Å²) < 4.78 is 12.0. The molecule has 0 unspecified atom stereocenters. The second-order valence-corrected chi connectivity index (χ2v) is 7.54. The van der Waals surface area contributed by atoms with Gasteiger partial charge in [-0.3, -0.25) is 14.4 Å². The van der Waals surface area contributed by atoms with E-state index in [-0.39, 0.29) is 29.4 Å². The first kappa shape index (κ1) is 21.4. The van der Waals surface area contributed by atoms with Crippen LogP contribution in [0, 0.1) is 0 Å². The lowest BCUT2D eigenvalue weighted by molar-refractivity contribution is -0.131. The van der Waals surface area contributed by atoms with Gasteiger partial charge in [0.2, 0.25) is 5.91 Å². The molecule has 2 amide bonds. The summed E-state index contributed by atoms with van der Waals surface area (Å²) in [5.41, 5.74) is 2.19. The van der Waals surface area contributed by atoms with Crippen LogP contribution in [0.25, 0.3) is 0 Å². The Labute approximate surface area is 175 Å². The zero-order valence-electron chi connectivity index (χ0n) is 18.0. The molecular formula is C22H27N3O5. The Kier molecular flexibility index (Phi) is 6.14. The van der Waals surface area contributed by atoms with E-state index < -0.39 is 0 Å². The topological polar surface area (TPSA) is 81.1 Å². The quantitative estimate of drug-likeness (QED) is 0.737. The van der Waals surface area contributed by atoms with Gasteiger partial charge in [0.25, 0.3) is 11.5 Å². The van der Waals surface area contributed by atoms with E-state index in [1.165, 1.54) is 9.47 Å². The lowest BCUT2D eigenvalue weighted by Crippen LogP contribution is -2.41. The van der Waals surface area contributed by atoms with Crippen molar-refractivity contribution < 1.29 is 19.1 Å². The van der Waals surface area contributed by atoms with Gasteiger partial charge in [-0.25, -0.2) is 0 Å². The summed E-state index contributed by atoms with van der Waals surface area (Å²) >= 11 is 0. The highest BCUT2D eigenvalue weighted by Gasteiger charge is 2.28. The van der Waals surface area contributed by atoms with Gasteiger partial charge in [0.05, 0.1) is 20.6 Å². The number of pyridine rings is 1. The third-order valence-corrected chi connectivity index (χ3v) is 5.37. The van der Waals surface area contributed by atoms with Crippen molar-refractivity contribution in [1.29, 1.82) is 0 Å². The molecule has 0 radical (unpaired) electrons. The first-order valence-corrected chi connectivity index (χ1v) is 9.68. The highest BCUT2D eigenvalue weighted by atomic mass is 16.5. The van der Waals surface area contributed by atoms with Gasteiger partial charge in [-0.15, -0.1) is 0 Å². The number of methoxy groups -OCH3 is 2. The van der Waals surface area contributed by atoms with Gasteiger partial charge in [0, 0.05) is 46.0 Å². The van der Waals surface area contributed by atoms with Gasteiger partial charge in [-0.05, 0) is 35.7 Å². The van der Waals surface area contributed by atoms with Crippen molar-refractivity contribution in [1.82, 2.24) is 14.4 Å². The summed E-state index contributed by atoms with van der Waals surface area (Å²) in [7, 11) is 8.02. The minimum absolute atomic E-state index is 0.0541. The average Bonchev–Trinajstić information content (AvgIpc) is 2.73. The number of aryl methyl sites for hydroxylation is 1. The molecule has 1 aromatic carbocycles. The highest BCUT2D eigenvalue weighted by Crippen LogP contribution is 2.26. The van der Waals surface area contributed by atoms with Gasteiger partial charge in [0.1, 0.15) is 17.1 Å². The molecule has 160 valence electrons. The molecule has 3 rings (SSSR count). The number of nitrogens with zero attached hydrogens (tertiary/aromatic N) is 3. The van der Waals surface area contributed by atoms with E-state index in [0.29, 0.717) is 31.0 Å². The van der Waals surface area contributed by atoms with Crippen molar-refractivity contribution in [2.24, 2.45) is 7.05 Å². The molecule has 0 aliphatic carbocycles. The van der Waals surface area contributed by atoms with E-state index in [4.69, 9.17) is 9.47 Å². The van der Waals surface area contributed by atoms with Crippen LogP contribution in [0.1, 0.15) is 27.0 Å².